The molecule has 1 atom stereocenters. The van der Waals surface area contributed by atoms with Gasteiger partial charge in [-0.25, -0.2) is 0 Å². The first-order valence-electron chi connectivity index (χ1n) is 4.63. The summed E-state index contributed by atoms with van der Waals surface area (Å²) in [6.45, 7) is 1.95. The molecule has 0 aliphatic rings. The van der Waals surface area contributed by atoms with Crippen LogP contribution in [0.4, 0.5) is 0 Å². The summed E-state index contributed by atoms with van der Waals surface area (Å²) in [6, 6.07) is 4.90. The quantitative estimate of drug-likeness (QED) is 0.800. The number of hydrogen-bond acceptors (Lipinski definition) is 3. The van der Waals surface area contributed by atoms with Gasteiger partial charge in [0, 0.05) is 5.02 Å². The Labute approximate surface area is 94.2 Å². The van der Waals surface area contributed by atoms with E-state index in [1.807, 2.05) is 25.1 Å². The van der Waals surface area contributed by atoms with Crippen molar-refractivity contribution in [3.63, 3.8) is 0 Å². The molecule has 1 rings (SSSR count). The van der Waals surface area contributed by atoms with Crippen molar-refractivity contribution in [2.24, 2.45) is 5.73 Å². The Morgan fingerprint density at radius 2 is 2.27 bits per heavy atom. The topological polar surface area (TPSA) is 52.3 Å². The molecule has 0 bridgehead atoms. The average Bonchev–Trinajstić information content (AvgIpc) is 2.22. The Morgan fingerprint density at radius 3 is 2.87 bits per heavy atom. The van der Waals surface area contributed by atoms with Gasteiger partial charge < -0.3 is 10.5 Å². The fraction of sp³-hybridized carbons (Fsp3) is 0.364. The van der Waals surface area contributed by atoms with E-state index in [0.717, 1.165) is 11.1 Å². The lowest BCUT2D eigenvalue weighted by Crippen LogP contribution is -2.33. The number of esters is 1. The van der Waals surface area contributed by atoms with Crippen molar-refractivity contribution in [3.05, 3.63) is 34.3 Å². The van der Waals surface area contributed by atoms with Crippen LogP contribution in [0.3, 0.4) is 0 Å². The van der Waals surface area contributed by atoms with E-state index in [-0.39, 0.29) is 0 Å². The molecule has 3 nitrogen and oxygen atoms in total. The number of halogens is 1. The van der Waals surface area contributed by atoms with Gasteiger partial charge in [0.1, 0.15) is 6.04 Å². The molecule has 0 radical (unpaired) electrons. The van der Waals surface area contributed by atoms with Crippen molar-refractivity contribution in [2.45, 2.75) is 19.4 Å². The first-order chi connectivity index (χ1) is 7.04. The minimum atomic E-state index is -0.632. The first-order valence-corrected chi connectivity index (χ1v) is 5.01. The third-order valence-electron chi connectivity index (χ3n) is 2.25. The molecule has 4 heteroatoms. The van der Waals surface area contributed by atoms with Crippen molar-refractivity contribution in [1.29, 1.82) is 0 Å². The standard InChI is InChI=1S/C11H14ClNO2/c1-7-3-4-9(12)5-8(7)6-10(13)11(14)15-2/h3-5,10H,6,13H2,1-2H3/t10-/m0/s1. The number of carbonyl (C=O) groups excluding carboxylic acids is 1. The van der Waals surface area contributed by atoms with Crippen molar-refractivity contribution in [3.8, 4) is 0 Å². The SMILES string of the molecule is COC(=O)[C@@H](N)Cc1cc(Cl)ccc1C. The zero-order valence-corrected chi connectivity index (χ0v) is 9.54. The van der Waals surface area contributed by atoms with Crippen molar-refractivity contribution < 1.29 is 9.53 Å². The molecular weight excluding hydrogens is 214 g/mol. The van der Waals surface area contributed by atoms with Crippen LogP contribution in [0.1, 0.15) is 11.1 Å². The van der Waals surface area contributed by atoms with E-state index in [9.17, 15) is 4.79 Å². The van der Waals surface area contributed by atoms with Crippen molar-refractivity contribution in [1.82, 2.24) is 0 Å². The predicted octanol–water partition coefficient (Wildman–Crippen LogP) is 1.69. The van der Waals surface area contributed by atoms with Gasteiger partial charge in [-0.2, -0.15) is 0 Å². The summed E-state index contributed by atoms with van der Waals surface area (Å²) in [5.74, 6) is -0.408. The molecule has 1 aromatic carbocycles. The first kappa shape index (κ1) is 12.0. The van der Waals surface area contributed by atoms with E-state index in [2.05, 4.69) is 4.74 Å². The van der Waals surface area contributed by atoms with Gasteiger partial charge in [0.2, 0.25) is 0 Å². The van der Waals surface area contributed by atoms with Crippen molar-refractivity contribution >= 4 is 17.6 Å². The van der Waals surface area contributed by atoms with Crippen LogP contribution < -0.4 is 5.73 Å². The monoisotopic (exact) mass is 227 g/mol. The zero-order valence-electron chi connectivity index (χ0n) is 8.79. The molecule has 0 amide bonds. The fourth-order valence-electron chi connectivity index (χ4n) is 1.33. The second-order valence-electron chi connectivity index (χ2n) is 3.40. The summed E-state index contributed by atoms with van der Waals surface area (Å²) >= 11 is 5.86. The summed E-state index contributed by atoms with van der Waals surface area (Å²) in [4.78, 5) is 11.1. The highest BCUT2D eigenvalue weighted by atomic mass is 35.5. The maximum Gasteiger partial charge on any atom is 0.322 e. The maximum atomic E-state index is 11.1. The molecule has 0 aromatic heterocycles. The van der Waals surface area contributed by atoms with Gasteiger partial charge in [0.15, 0.2) is 0 Å². The zero-order chi connectivity index (χ0) is 11.4. The Morgan fingerprint density at radius 1 is 1.60 bits per heavy atom. The molecule has 0 fully saturated rings. The Bertz CT molecular complexity index is 366. The number of aryl methyl sites for hydroxylation is 1. The number of methoxy groups -OCH3 is 1. The Balaban J connectivity index is 2.80. The second kappa shape index (κ2) is 5.14. The summed E-state index contributed by atoms with van der Waals surface area (Å²) in [6.07, 6.45) is 0.444. The van der Waals surface area contributed by atoms with E-state index >= 15 is 0 Å². The molecule has 0 aliphatic heterocycles. The van der Waals surface area contributed by atoms with Crippen LogP contribution in [0.25, 0.3) is 0 Å². The summed E-state index contributed by atoms with van der Waals surface area (Å²) < 4.78 is 4.56. The molecule has 82 valence electrons. The number of carbonyl (C=O) groups is 1. The number of ether oxygens (including phenoxy) is 1. The van der Waals surface area contributed by atoms with Gasteiger partial charge >= 0.3 is 5.97 Å². The van der Waals surface area contributed by atoms with Crippen LogP contribution >= 0.6 is 11.6 Å². The van der Waals surface area contributed by atoms with Crippen molar-refractivity contribution in [2.75, 3.05) is 7.11 Å². The molecule has 0 saturated heterocycles. The molecule has 1 aromatic rings. The second-order valence-corrected chi connectivity index (χ2v) is 3.84. The van der Waals surface area contributed by atoms with E-state index in [0.29, 0.717) is 11.4 Å². The lowest BCUT2D eigenvalue weighted by atomic mass is 10.0. The van der Waals surface area contributed by atoms with Crippen LogP contribution in [-0.4, -0.2) is 19.1 Å². The highest BCUT2D eigenvalue weighted by molar-refractivity contribution is 6.30. The van der Waals surface area contributed by atoms with Gasteiger partial charge in [-0.15, -0.1) is 0 Å². The van der Waals surface area contributed by atoms with Crippen LogP contribution in [-0.2, 0) is 16.0 Å². The van der Waals surface area contributed by atoms with E-state index in [1.54, 1.807) is 0 Å². The van der Waals surface area contributed by atoms with E-state index in [4.69, 9.17) is 17.3 Å². The summed E-state index contributed by atoms with van der Waals surface area (Å²) in [5.41, 5.74) is 7.70. The third-order valence-corrected chi connectivity index (χ3v) is 2.49. The largest absolute Gasteiger partial charge is 0.468 e. The highest BCUT2D eigenvalue weighted by Crippen LogP contribution is 2.16. The molecule has 15 heavy (non-hydrogen) atoms. The van der Waals surface area contributed by atoms with Gasteiger partial charge in [-0.05, 0) is 36.6 Å². The number of benzene rings is 1. The summed E-state index contributed by atoms with van der Waals surface area (Å²) in [7, 11) is 1.33. The fourth-order valence-corrected chi connectivity index (χ4v) is 1.53. The van der Waals surface area contributed by atoms with E-state index in [1.165, 1.54) is 7.11 Å². The van der Waals surface area contributed by atoms with Crippen LogP contribution in [0.15, 0.2) is 18.2 Å². The maximum absolute atomic E-state index is 11.1. The minimum Gasteiger partial charge on any atom is -0.468 e. The lowest BCUT2D eigenvalue weighted by molar-refractivity contribution is -0.142. The van der Waals surface area contributed by atoms with Gasteiger partial charge in [0.05, 0.1) is 7.11 Å². The lowest BCUT2D eigenvalue weighted by Gasteiger charge is -2.11. The Hall–Kier alpha value is -1.06. The third kappa shape index (κ3) is 3.22. The molecular formula is C11H14ClNO2. The van der Waals surface area contributed by atoms with Gasteiger partial charge in [-0.1, -0.05) is 17.7 Å². The van der Waals surface area contributed by atoms with Crippen LogP contribution in [0.5, 0.6) is 0 Å². The molecule has 0 saturated carbocycles. The molecule has 0 unspecified atom stereocenters. The smallest absolute Gasteiger partial charge is 0.322 e. The molecule has 0 heterocycles. The average molecular weight is 228 g/mol. The number of hydrogen-bond donors (Lipinski definition) is 1. The normalized spacial score (nSPS) is 12.3. The minimum absolute atomic E-state index is 0.408. The predicted molar refractivity (Wildman–Crippen MR) is 59.9 cm³/mol. The summed E-state index contributed by atoms with van der Waals surface area (Å²) in [5, 5.41) is 0.646. The number of rotatable bonds is 3. The molecule has 0 aliphatic carbocycles. The van der Waals surface area contributed by atoms with Gasteiger partial charge in [-0.3, -0.25) is 4.79 Å². The molecule has 0 spiro atoms. The molecule has 2 N–H and O–H groups in total. The highest BCUT2D eigenvalue weighted by Gasteiger charge is 2.15. The Kier molecular flexibility index (Phi) is 4.12. The number of nitrogens with two attached hydrogens (primary N) is 1. The van der Waals surface area contributed by atoms with Gasteiger partial charge in [0.25, 0.3) is 0 Å². The van der Waals surface area contributed by atoms with Crippen LogP contribution in [0.2, 0.25) is 5.02 Å². The van der Waals surface area contributed by atoms with Crippen LogP contribution in [0, 0.1) is 6.92 Å². The van der Waals surface area contributed by atoms with E-state index < -0.39 is 12.0 Å².